The van der Waals surface area contributed by atoms with Gasteiger partial charge in [0.25, 0.3) is 5.91 Å². The lowest BCUT2D eigenvalue weighted by atomic mass is 10.00. The first kappa shape index (κ1) is 17.8. The van der Waals surface area contributed by atoms with Gasteiger partial charge in [-0.1, -0.05) is 6.92 Å². The SMILES string of the molecule is CC1CCN(c2ncc(C(=O)Nc3ccc(N4CCCC4)cc3)cn2)CC1. The molecule has 2 aliphatic heterocycles. The van der Waals surface area contributed by atoms with Crippen molar-refractivity contribution in [1.82, 2.24) is 9.97 Å². The molecule has 1 aromatic heterocycles. The second-order valence-corrected chi connectivity index (χ2v) is 7.64. The topological polar surface area (TPSA) is 61.4 Å². The van der Waals surface area contributed by atoms with Crippen molar-refractivity contribution < 1.29 is 4.79 Å². The van der Waals surface area contributed by atoms with Crippen LogP contribution in [0, 0.1) is 5.92 Å². The summed E-state index contributed by atoms with van der Waals surface area (Å²) in [4.78, 5) is 25.8. The Kier molecular flexibility index (Phi) is 5.23. The summed E-state index contributed by atoms with van der Waals surface area (Å²) < 4.78 is 0. The van der Waals surface area contributed by atoms with Crippen LogP contribution in [0.25, 0.3) is 0 Å². The van der Waals surface area contributed by atoms with Crippen molar-refractivity contribution in [2.75, 3.05) is 41.3 Å². The van der Waals surface area contributed by atoms with E-state index in [4.69, 9.17) is 0 Å². The van der Waals surface area contributed by atoms with Gasteiger partial charge in [-0.15, -0.1) is 0 Å². The summed E-state index contributed by atoms with van der Waals surface area (Å²) >= 11 is 0. The van der Waals surface area contributed by atoms with E-state index < -0.39 is 0 Å². The highest BCUT2D eigenvalue weighted by molar-refractivity contribution is 6.03. The first-order valence-electron chi connectivity index (χ1n) is 9.92. The van der Waals surface area contributed by atoms with Crippen molar-refractivity contribution in [2.24, 2.45) is 5.92 Å². The fourth-order valence-corrected chi connectivity index (χ4v) is 3.74. The lowest BCUT2D eigenvalue weighted by Crippen LogP contribution is -2.34. The summed E-state index contributed by atoms with van der Waals surface area (Å²) in [7, 11) is 0. The Hall–Kier alpha value is -2.63. The molecule has 142 valence electrons. The van der Waals surface area contributed by atoms with Gasteiger partial charge in [0.2, 0.25) is 5.95 Å². The normalized spacial score (nSPS) is 18.0. The third-order valence-electron chi connectivity index (χ3n) is 5.56. The van der Waals surface area contributed by atoms with E-state index in [0.717, 1.165) is 37.8 Å². The first-order chi connectivity index (χ1) is 13.2. The molecule has 0 bridgehead atoms. The molecule has 0 atom stereocenters. The molecule has 3 heterocycles. The molecule has 2 aliphatic rings. The van der Waals surface area contributed by atoms with Gasteiger partial charge in [-0.2, -0.15) is 0 Å². The predicted octanol–water partition coefficient (Wildman–Crippen LogP) is 3.57. The number of anilines is 3. The van der Waals surface area contributed by atoms with E-state index in [1.807, 2.05) is 12.1 Å². The number of hydrogen-bond donors (Lipinski definition) is 1. The summed E-state index contributed by atoms with van der Waals surface area (Å²) in [5, 5.41) is 2.93. The van der Waals surface area contributed by atoms with Crippen molar-refractivity contribution in [3.05, 3.63) is 42.2 Å². The van der Waals surface area contributed by atoms with E-state index in [9.17, 15) is 4.79 Å². The van der Waals surface area contributed by atoms with Crippen molar-refractivity contribution in [3.63, 3.8) is 0 Å². The quantitative estimate of drug-likeness (QED) is 0.898. The maximum absolute atomic E-state index is 12.5. The standard InChI is InChI=1S/C21H27N5O/c1-16-8-12-26(13-9-16)21-22-14-17(15-23-21)20(27)24-18-4-6-19(7-5-18)25-10-2-3-11-25/h4-7,14-16H,2-3,8-13H2,1H3,(H,24,27). The third-order valence-corrected chi connectivity index (χ3v) is 5.56. The minimum atomic E-state index is -0.178. The van der Waals surface area contributed by atoms with Crippen molar-refractivity contribution in [2.45, 2.75) is 32.6 Å². The van der Waals surface area contributed by atoms with Gasteiger partial charge < -0.3 is 15.1 Å². The molecule has 4 rings (SSSR count). The van der Waals surface area contributed by atoms with Gasteiger partial charge in [0.1, 0.15) is 0 Å². The van der Waals surface area contributed by atoms with E-state index in [1.54, 1.807) is 12.4 Å². The van der Waals surface area contributed by atoms with Crippen molar-refractivity contribution in [1.29, 1.82) is 0 Å². The number of piperidine rings is 1. The molecule has 1 N–H and O–H groups in total. The number of aromatic nitrogens is 2. The van der Waals surface area contributed by atoms with E-state index in [-0.39, 0.29) is 5.91 Å². The Morgan fingerprint density at radius 1 is 0.963 bits per heavy atom. The number of rotatable bonds is 4. The molecule has 6 nitrogen and oxygen atoms in total. The lowest BCUT2D eigenvalue weighted by Gasteiger charge is -2.30. The summed E-state index contributed by atoms with van der Waals surface area (Å²) in [5.74, 6) is 1.30. The zero-order chi connectivity index (χ0) is 18.6. The number of carbonyl (C=O) groups is 1. The number of hydrogen-bond acceptors (Lipinski definition) is 5. The molecule has 2 saturated heterocycles. The summed E-state index contributed by atoms with van der Waals surface area (Å²) in [6, 6.07) is 8.04. The van der Waals surface area contributed by atoms with Gasteiger partial charge in [0, 0.05) is 49.9 Å². The molecule has 1 aromatic carbocycles. The number of carbonyl (C=O) groups excluding carboxylic acids is 1. The summed E-state index contributed by atoms with van der Waals surface area (Å²) in [5.41, 5.74) is 2.49. The summed E-state index contributed by atoms with van der Waals surface area (Å²) in [6.07, 6.45) is 8.08. The summed E-state index contributed by atoms with van der Waals surface area (Å²) in [6.45, 7) is 6.48. The zero-order valence-electron chi connectivity index (χ0n) is 15.9. The van der Waals surface area contributed by atoms with Gasteiger partial charge in [0.15, 0.2) is 0 Å². The fraction of sp³-hybridized carbons (Fsp3) is 0.476. The van der Waals surface area contributed by atoms with Crippen molar-refractivity contribution in [3.8, 4) is 0 Å². The average molecular weight is 365 g/mol. The van der Waals surface area contributed by atoms with Gasteiger partial charge in [-0.05, 0) is 55.9 Å². The second-order valence-electron chi connectivity index (χ2n) is 7.64. The van der Waals surface area contributed by atoms with E-state index >= 15 is 0 Å². The number of amides is 1. The Balaban J connectivity index is 1.36. The van der Waals surface area contributed by atoms with Crippen LogP contribution in [0.5, 0.6) is 0 Å². The van der Waals surface area contributed by atoms with E-state index in [1.165, 1.54) is 31.4 Å². The molecule has 6 heteroatoms. The van der Waals surface area contributed by atoms with Crippen LogP contribution < -0.4 is 15.1 Å². The minimum Gasteiger partial charge on any atom is -0.372 e. The van der Waals surface area contributed by atoms with Crippen molar-refractivity contribution >= 4 is 23.2 Å². The van der Waals surface area contributed by atoms with Gasteiger partial charge >= 0.3 is 0 Å². The number of nitrogens with zero attached hydrogens (tertiary/aromatic N) is 4. The van der Waals surface area contributed by atoms with Gasteiger partial charge in [-0.3, -0.25) is 4.79 Å². The molecular formula is C21H27N5O. The monoisotopic (exact) mass is 365 g/mol. The van der Waals surface area contributed by atoms with Crippen LogP contribution in [0.3, 0.4) is 0 Å². The highest BCUT2D eigenvalue weighted by Crippen LogP contribution is 2.23. The smallest absolute Gasteiger partial charge is 0.258 e. The molecule has 0 radical (unpaired) electrons. The molecule has 0 unspecified atom stereocenters. The zero-order valence-corrected chi connectivity index (χ0v) is 15.9. The Morgan fingerprint density at radius 3 is 2.22 bits per heavy atom. The van der Waals surface area contributed by atoms with Crippen LogP contribution in [0.2, 0.25) is 0 Å². The maximum Gasteiger partial charge on any atom is 0.258 e. The molecule has 1 amide bonds. The third kappa shape index (κ3) is 4.21. The van der Waals surface area contributed by atoms with Crippen LogP contribution in [-0.2, 0) is 0 Å². The molecular weight excluding hydrogens is 338 g/mol. The van der Waals surface area contributed by atoms with Gasteiger partial charge in [0.05, 0.1) is 5.56 Å². The highest BCUT2D eigenvalue weighted by Gasteiger charge is 2.18. The van der Waals surface area contributed by atoms with Crippen LogP contribution in [0.15, 0.2) is 36.7 Å². The average Bonchev–Trinajstić information content (AvgIpc) is 3.24. The molecule has 0 saturated carbocycles. The molecule has 2 aromatic rings. The Bertz CT molecular complexity index is 760. The van der Waals surface area contributed by atoms with Crippen LogP contribution in [0.1, 0.15) is 43.0 Å². The molecule has 0 aliphatic carbocycles. The van der Waals surface area contributed by atoms with Crippen LogP contribution in [0.4, 0.5) is 17.3 Å². The van der Waals surface area contributed by atoms with E-state index in [0.29, 0.717) is 11.5 Å². The number of nitrogens with one attached hydrogen (secondary N) is 1. The van der Waals surface area contributed by atoms with E-state index in [2.05, 4.69) is 44.1 Å². The highest BCUT2D eigenvalue weighted by atomic mass is 16.1. The van der Waals surface area contributed by atoms with Gasteiger partial charge in [-0.25, -0.2) is 9.97 Å². The number of benzene rings is 1. The Labute approximate surface area is 160 Å². The van der Waals surface area contributed by atoms with Crippen LogP contribution >= 0.6 is 0 Å². The molecule has 0 spiro atoms. The Morgan fingerprint density at radius 2 is 1.59 bits per heavy atom. The minimum absolute atomic E-state index is 0.178. The lowest BCUT2D eigenvalue weighted by molar-refractivity contribution is 0.102. The fourth-order valence-electron chi connectivity index (χ4n) is 3.74. The largest absolute Gasteiger partial charge is 0.372 e. The maximum atomic E-state index is 12.5. The first-order valence-corrected chi connectivity index (χ1v) is 9.92. The molecule has 27 heavy (non-hydrogen) atoms. The van der Waals surface area contributed by atoms with Crippen LogP contribution in [-0.4, -0.2) is 42.1 Å². The second kappa shape index (κ2) is 7.94. The molecule has 2 fully saturated rings. The predicted molar refractivity (Wildman–Crippen MR) is 108 cm³/mol.